The molecule has 0 aliphatic rings. The summed E-state index contributed by atoms with van der Waals surface area (Å²) in [5.74, 6) is 0.156. The van der Waals surface area contributed by atoms with Crippen LogP contribution in [0.1, 0.15) is 61.5 Å². The molecule has 2 atom stereocenters. The minimum absolute atomic E-state index is 0.156. The molecule has 0 spiro atoms. The Balaban J connectivity index is 2.39. The topological polar surface area (TPSA) is 20.2 Å². The van der Waals surface area contributed by atoms with Crippen LogP contribution in [0.3, 0.4) is 0 Å². The first-order chi connectivity index (χ1) is 10.2. The van der Waals surface area contributed by atoms with Gasteiger partial charge in [0.1, 0.15) is 0 Å². The number of aliphatic hydroxyl groups excluding tert-OH is 1. The van der Waals surface area contributed by atoms with Crippen molar-refractivity contribution in [3.05, 3.63) is 70.8 Å². The average Bonchev–Trinajstić information content (AvgIpc) is 2.55. The van der Waals surface area contributed by atoms with E-state index in [0.29, 0.717) is 0 Å². The van der Waals surface area contributed by atoms with Gasteiger partial charge in [-0.3, -0.25) is 0 Å². The van der Waals surface area contributed by atoms with Gasteiger partial charge in [-0.1, -0.05) is 69.3 Å². The van der Waals surface area contributed by atoms with E-state index in [1.54, 1.807) is 0 Å². The Morgan fingerprint density at radius 1 is 0.905 bits per heavy atom. The fourth-order valence-electron chi connectivity index (χ4n) is 3.02. The van der Waals surface area contributed by atoms with Crippen molar-refractivity contribution in [1.82, 2.24) is 0 Å². The van der Waals surface area contributed by atoms with Gasteiger partial charge in [0.15, 0.2) is 0 Å². The molecule has 0 aliphatic carbocycles. The fourth-order valence-corrected chi connectivity index (χ4v) is 3.02. The monoisotopic (exact) mass is 282 g/mol. The molecule has 21 heavy (non-hydrogen) atoms. The van der Waals surface area contributed by atoms with E-state index in [1.165, 1.54) is 16.7 Å². The Kier molecular flexibility index (Phi) is 5.58. The zero-order chi connectivity index (χ0) is 15.2. The molecule has 0 amide bonds. The lowest BCUT2D eigenvalue weighted by atomic mass is 9.84. The minimum Gasteiger partial charge on any atom is -0.388 e. The molecule has 0 heterocycles. The molecule has 0 saturated heterocycles. The number of hydrogen-bond acceptors (Lipinski definition) is 1. The SMILES string of the molecule is CCc1ccc(CC)c(C(O)C(CC)c2ccccc2)c1. The molecule has 1 heteroatoms. The van der Waals surface area contributed by atoms with Crippen molar-refractivity contribution in [2.75, 3.05) is 0 Å². The zero-order valence-electron chi connectivity index (χ0n) is 13.3. The van der Waals surface area contributed by atoms with E-state index >= 15 is 0 Å². The molecular weight excluding hydrogens is 256 g/mol. The largest absolute Gasteiger partial charge is 0.388 e. The maximum Gasteiger partial charge on any atom is 0.0861 e. The Labute approximate surface area is 128 Å². The van der Waals surface area contributed by atoms with E-state index in [4.69, 9.17) is 0 Å². The first-order valence-corrected chi connectivity index (χ1v) is 8.05. The lowest BCUT2D eigenvalue weighted by Crippen LogP contribution is -2.12. The summed E-state index contributed by atoms with van der Waals surface area (Å²) in [7, 11) is 0. The molecule has 1 N–H and O–H groups in total. The van der Waals surface area contributed by atoms with Crippen LogP contribution in [0.15, 0.2) is 48.5 Å². The molecular formula is C20H26O. The highest BCUT2D eigenvalue weighted by molar-refractivity contribution is 5.36. The van der Waals surface area contributed by atoms with Gasteiger partial charge >= 0.3 is 0 Å². The van der Waals surface area contributed by atoms with Gasteiger partial charge in [0.25, 0.3) is 0 Å². The first-order valence-electron chi connectivity index (χ1n) is 8.05. The van der Waals surface area contributed by atoms with Crippen LogP contribution in [-0.2, 0) is 12.8 Å². The normalized spacial score (nSPS) is 13.9. The highest BCUT2D eigenvalue weighted by Crippen LogP contribution is 2.35. The van der Waals surface area contributed by atoms with Gasteiger partial charge in [-0.15, -0.1) is 0 Å². The number of benzene rings is 2. The van der Waals surface area contributed by atoms with E-state index in [2.05, 4.69) is 51.1 Å². The number of rotatable bonds is 6. The van der Waals surface area contributed by atoms with E-state index in [1.807, 2.05) is 18.2 Å². The molecule has 2 rings (SSSR count). The second kappa shape index (κ2) is 7.42. The summed E-state index contributed by atoms with van der Waals surface area (Å²) < 4.78 is 0. The van der Waals surface area contributed by atoms with Crippen molar-refractivity contribution < 1.29 is 5.11 Å². The Morgan fingerprint density at radius 2 is 1.62 bits per heavy atom. The number of aliphatic hydroxyl groups is 1. The molecule has 1 nitrogen and oxygen atoms in total. The molecule has 0 aromatic heterocycles. The molecule has 2 unspecified atom stereocenters. The molecule has 0 aliphatic heterocycles. The lowest BCUT2D eigenvalue weighted by Gasteiger charge is -2.25. The Morgan fingerprint density at radius 3 is 2.19 bits per heavy atom. The number of hydrogen-bond donors (Lipinski definition) is 1. The van der Waals surface area contributed by atoms with E-state index < -0.39 is 6.10 Å². The van der Waals surface area contributed by atoms with Gasteiger partial charge in [0.2, 0.25) is 0 Å². The standard InChI is InChI=1S/C20H26O/c1-4-15-12-13-16(5-2)19(14-15)20(21)18(6-3)17-10-8-7-9-11-17/h7-14,18,20-21H,4-6H2,1-3H3. The van der Waals surface area contributed by atoms with Crippen LogP contribution in [0.4, 0.5) is 0 Å². The molecule has 2 aromatic carbocycles. The highest BCUT2D eigenvalue weighted by atomic mass is 16.3. The fraction of sp³-hybridized carbons (Fsp3) is 0.400. The second-order valence-electron chi connectivity index (χ2n) is 5.61. The third-order valence-corrected chi connectivity index (χ3v) is 4.37. The van der Waals surface area contributed by atoms with Gasteiger partial charge < -0.3 is 5.11 Å². The van der Waals surface area contributed by atoms with Gasteiger partial charge in [-0.2, -0.15) is 0 Å². The second-order valence-corrected chi connectivity index (χ2v) is 5.61. The third kappa shape index (κ3) is 3.54. The maximum atomic E-state index is 11.0. The molecule has 0 bridgehead atoms. The number of aryl methyl sites for hydroxylation is 2. The van der Waals surface area contributed by atoms with Crippen molar-refractivity contribution in [3.63, 3.8) is 0 Å². The molecule has 0 fully saturated rings. The maximum absolute atomic E-state index is 11.0. The molecule has 0 radical (unpaired) electrons. The van der Waals surface area contributed by atoms with Crippen LogP contribution in [-0.4, -0.2) is 5.11 Å². The van der Waals surface area contributed by atoms with Crippen LogP contribution in [0, 0.1) is 0 Å². The van der Waals surface area contributed by atoms with Crippen molar-refractivity contribution in [1.29, 1.82) is 0 Å². The quantitative estimate of drug-likeness (QED) is 0.787. The Bertz CT molecular complexity index is 559. The summed E-state index contributed by atoms with van der Waals surface area (Å²) in [5.41, 5.74) is 4.88. The summed E-state index contributed by atoms with van der Waals surface area (Å²) in [5, 5.41) is 11.0. The van der Waals surface area contributed by atoms with Crippen LogP contribution in [0.25, 0.3) is 0 Å². The lowest BCUT2D eigenvalue weighted by molar-refractivity contribution is 0.141. The van der Waals surface area contributed by atoms with Gasteiger partial charge in [0, 0.05) is 5.92 Å². The van der Waals surface area contributed by atoms with Crippen molar-refractivity contribution in [3.8, 4) is 0 Å². The van der Waals surface area contributed by atoms with Crippen molar-refractivity contribution in [2.24, 2.45) is 0 Å². The van der Waals surface area contributed by atoms with Gasteiger partial charge in [0.05, 0.1) is 6.10 Å². The van der Waals surface area contributed by atoms with Crippen molar-refractivity contribution in [2.45, 2.75) is 52.1 Å². The average molecular weight is 282 g/mol. The third-order valence-electron chi connectivity index (χ3n) is 4.37. The Hall–Kier alpha value is -1.60. The minimum atomic E-state index is -0.432. The van der Waals surface area contributed by atoms with E-state index in [0.717, 1.165) is 24.8 Å². The summed E-state index contributed by atoms with van der Waals surface area (Å²) >= 11 is 0. The first kappa shape index (κ1) is 15.8. The van der Waals surface area contributed by atoms with Crippen LogP contribution < -0.4 is 0 Å². The van der Waals surface area contributed by atoms with Crippen molar-refractivity contribution >= 4 is 0 Å². The molecule has 0 saturated carbocycles. The van der Waals surface area contributed by atoms with Crippen LogP contribution in [0.2, 0.25) is 0 Å². The van der Waals surface area contributed by atoms with E-state index in [-0.39, 0.29) is 5.92 Å². The van der Waals surface area contributed by atoms with Crippen LogP contribution in [0.5, 0.6) is 0 Å². The van der Waals surface area contributed by atoms with Gasteiger partial charge in [-0.25, -0.2) is 0 Å². The summed E-state index contributed by atoms with van der Waals surface area (Å²) in [6.45, 7) is 6.46. The summed E-state index contributed by atoms with van der Waals surface area (Å²) in [4.78, 5) is 0. The molecule has 2 aromatic rings. The smallest absolute Gasteiger partial charge is 0.0861 e. The summed E-state index contributed by atoms with van der Waals surface area (Å²) in [6, 6.07) is 16.9. The zero-order valence-corrected chi connectivity index (χ0v) is 13.3. The summed E-state index contributed by atoms with van der Waals surface area (Å²) in [6.07, 6.45) is 2.47. The van der Waals surface area contributed by atoms with Gasteiger partial charge in [-0.05, 0) is 41.5 Å². The predicted octanol–water partition coefficient (Wildman–Crippen LogP) is 5.04. The molecule has 112 valence electrons. The van der Waals surface area contributed by atoms with E-state index in [9.17, 15) is 5.11 Å². The van der Waals surface area contributed by atoms with Crippen LogP contribution >= 0.6 is 0 Å². The predicted molar refractivity (Wildman–Crippen MR) is 89.6 cm³/mol. The highest BCUT2D eigenvalue weighted by Gasteiger charge is 2.23.